The summed E-state index contributed by atoms with van der Waals surface area (Å²) < 4.78 is 42.8. The third-order valence-corrected chi connectivity index (χ3v) is 8.66. The number of pyridine rings is 1. The largest absolute Gasteiger partial charge is 0.493 e. The van der Waals surface area contributed by atoms with Gasteiger partial charge < -0.3 is 5.11 Å². The second-order valence-corrected chi connectivity index (χ2v) is 11.3. The molecule has 1 N–H and O–H groups in total. The normalized spacial score (nSPS) is 12.2. The Bertz CT molecular complexity index is 1760. The highest BCUT2D eigenvalue weighted by atomic mass is 32.2. The van der Waals surface area contributed by atoms with E-state index in [0.29, 0.717) is 47.1 Å². The molecular weight excluding hydrogens is 531 g/mol. The minimum absolute atomic E-state index is 0.218. The molecule has 1 atom stereocenters. The summed E-state index contributed by atoms with van der Waals surface area (Å²) in [7, 11) is -4.50. The molecule has 0 amide bonds. The van der Waals surface area contributed by atoms with Crippen molar-refractivity contribution in [1.29, 1.82) is 5.26 Å². The van der Waals surface area contributed by atoms with Crippen LogP contribution >= 0.6 is 0 Å². The summed E-state index contributed by atoms with van der Waals surface area (Å²) in [6.45, 7) is 5.41. The van der Waals surface area contributed by atoms with Crippen molar-refractivity contribution in [3.63, 3.8) is 0 Å². The molecular formula is C30H29FN4O4S. The lowest BCUT2D eigenvalue weighted by molar-refractivity contribution is 0.358. The number of sulfone groups is 1. The third kappa shape index (κ3) is 5.38. The summed E-state index contributed by atoms with van der Waals surface area (Å²) in [5.74, 6) is -1.06. The van der Waals surface area contributed by atoms with Crippen LogP contribution in [0.2, 0.25) is 0 Å². The number of aromatic nitrogens is 3. The van der Waals surface area contributed by atoms with E-state index in [1.807, 2.05) is 13.8 Å². The van der Waals surface area contributed by atoms with Crippen LogP contribution in [0.25, 0.3) is 11.1 Å². The van der Waals surface area contributed by atoms with Crippen molar-refractivity contribution >= 4 is 9.84 Å². The van der Waals surface area contributed by atoms with Gasteiger partial charge in [0, 0.05) is 18.2 Å². The number of aryl methyl sites for hydroxylation is 1. The van der Waals surface area contributed by atoms with Crippen molar-refractivity contribution in [3.8, 4) is 23.1 Å². The van der Waals surface area contributed by atoms with Gasteiger partial charge >= 0.3 is 0 Å². The van der Waals surface area contributed by atoms with Crippen LogP contribution in [-0.4, -0.2) is 28.1 Å². The van der Waals surface area contributed by atoms with E-state index in [-0.39, 0.29) is 10.7 Å². The number of nitrogens with zero attached hydrogens (tertiary/aromatic N) is 4. The molecule has 2 aromatic heterocycles. The molecule has 40 heavy (non-hydrogen) atoms. The molecule has 0 saturated carbocycles. The highest BCUT2D eigenvalue weighted by Gasteiger charge is 2.32. The molecule has 0 aliphatic carbocycles. The quantitative estimate of drug-likeness (QED) is 0.268. The first-order chi connectivity index (χ1) is 19.1. The van der Waals surface area contributed by atoms with E-state index >= 15 is 0 Å². The van der Waals surface area contributed by atoms with Crippen molar-refractivity contribution in [2.75, 3.05) is 0 Å². The van der Waals surface area contributed by atoms with Crippen LogP contribution < -0.4 is 5.56 Å². The smallest absolute Gasteiger partial charge is 0.296 e. The van der Waals surface area contributed by atoms with Gasteiger partial charge in [-0.05, 0) is 66.8 Å². The molecule has 4 aromatic rings. The van der Waals surface area contributed by atoms with E-state index in [0.717, 1.165) is 6.42 Å². The van der Waals surface area contributed by atoms with Crippen LogP contribution in [0.15, 0.2) is 75.4 Å². The number of benzene rings is 2. The Labute approximate surface area is 232 Å². The number of nitriles is 1. The van der Waals surface area contributed by atoms with Crippen LogP contribution in [0.1, 0.15) is 61.7 Å². The Morgan fingerprint density at radius 2 is 1.85 bits per heavy atom. The number of halogens is 1. The molecule has 0 saturated heterocycles. The Morgan fingerprint density at radius 1 is 1.12 bits per heavy atom. The number of hydrogen-bond acceptors (Lipinski definition) is 7. The van der Waals surface area contributed by atoms with Gasteiger partial charge in [-0.2, -0.15) is 14.6 Å². The maximum absolute atomic E-state index is 14.0. The van der Waals surface area contributed by atoms with E-state index in [9.17, 15) is 28.0 Å². The van der Waals surface area contributed by atoms with Crippen LogP contribution in [0, 0.1) is 24.2 Å². The van der Waals surface area contributed by atoms with Gasteiger partial charge in [0.1, 0.15) is 5.82 Å². The lowest BCUT2D eigenvalue weighted by atomic mass is 10.0. The van der Waals surface area contributed by atoms with Gasteiger partial charge in [-0.25, -0.2) is 13.4 Å². The van der Waals surface area contributed by atoms with Crippen LogP contribution in [0.3, 0.4) is 0 Å². The van der Waals surface area contributed by atoms with Crippen LogP contribution in [0.4, 0.5) is 4.39 Å². The molecule has 8 nitrogen and oxygen atoms in total. The van der Waals surface area contributed by atoms with E-state index in [4.69, 9.17) is 0 Å². The number of hydrogen-bond donors (Lipinski definition) is 1. The molecule has 0 aliphatic heterocycles. The summed E-state index contributed by atoms with van der Waals surface area (Å²) in [6.07, 6.45) is 3.57. The summed E-state index contributed by atoms with van der Waals surface area (Å²) in [5.41, 5.74) is 1.47. The first kappa shape index (κ1) is 28.6. The molecule has 10 heteroatoms. The molecule has 2 heterocycles. The SMILES string of the molecule is CCCCc1nc(=O)c(S(=O)(=O)c2ccc(-c3ccnc(F)c3C)cc2)c(O)n1C(CC)c1cccc(C#N)c1. The van der Waals surface area contributed by atoms with E-state index in [2.05, 4.69) is 16.0 Å². The first-order valence-corrected chi connectivity index (χ1v) is 14.4. The highest BCUT2D eigenvalue weighted by Crippen LogP contribution is 2.34. The summed E-state index contributed by atoms with van der Waals surface area (Å²) in [5, 5.41) is 20.9. The van der Waals surface area contributed by atoms with Crippen molar-refractivity contribution in [2.24, 2.45) is 0 Å². The van der Waals surface area contributed by atoms with E-state index < -0.39 is 38.2 Å². The van der Waals surface area contributed by atoms with Gasteiger partial charge in [0.2, 0.25) is 21.7 Å². The van der Waals surface area contributed by atoms with Crippen molar-refractivity contribution in [3.05, 3.63) is 99.6 Å². The average Bonchev–Trinajstić information content (AvgIpc) is 2.95. The van der Waals surface area contributed by atoms with Crippen LogP contribution in [-0.2, 0) is 16.3 Å². The Hall–Kier alpha value is -4.36. The highest BCUT2D eigenvalue weighted by molar-refractivity contribution is 7.91. The zero-order valence-corrected chi connectivity index (χ0v) is 23.2. The second-order valence-electron chi connectivity index (χ2n) is 9.42. The first-order valence-electron chi connectivity index (χ1n) is 12.9. The molecule has 0 spiro atoms. The fraction of sp³-hybridized carbons (Fsp3) is 0.267. The van der Waals surface area contributed by atoms with Crippen LogP contribution in [0.5, 0.6) is 5.88 Å². The maximum atomic E-state index is 14.0. The van der Waals surface area contributed by atoms with E-state index in [1.165, 1.54) is 35.0 Å². The van der Waals surface area contributed by atoms with E-state index in [1.54, 1.807) is 37.3 Å². The topological polar surface area (TPSA) is 126 Å². The Morgan fingerprint density at radius 3 is 2.50 bits per heavy atom. The number of unbranched alkanes of at least 4 members (excludes halogenated alkanes) is 1. The van der Waals surface area contributed by atoms with Crippen molar-refractivity contribution in [1.82, 2.24) is 14.5 Å². The van der Waals surface area contributed by atoms with Gasteiger partial charge in [-0.3, -0.25) is 9.36 Å². The number of aromatic hydroxyl groups is 1. The Kier molecular flexibility index (Phi) is 8.45. The fourth-order valence-electron chi connectivity index (χ4n) is 4.76. The number of rotatable bonds is 9. The summed E-state index contributed by atoms with van der Waals surface area (Å²) in [4.78, 5) is 19.9. The molecule has 0 bridgehead atoms. The lowest BCUT2D eigenvalue weighted by Crippen LogP contribution is -2.27. The lowest BCUT2D eigenvalue weighted by Gasteiger charge is -2.25. The molecule has 0 fully saturated rings. The summed E-state index contributed by atoms with van der Waals surface area (Å²) in [6, 6.07) is 15.6. The molecule has 1 unspecified atom stereocenters. The second kappa shape index (κ2) is 11.8. The fourth-order valence-corrected chi connectivity index (χ4v) is 6.10. The van der Waals surface area contributed by atoms with Gasteiger partial charge in [0.05, 0.1) is 22.6 Å². The van der Waals surface area contributed by atoms with Gasteiger partial charge in [-0.15, -0.1) is 0 Å². The maximum Gasteiger partial charge on any atom is 0.296 e. The zero-order chi connectivity index (χ0) is 29.0. The Balaban J connectivity index is 1.88. The molecule has 0 radical (unpaired) electrons. The monoisotopic (exact) mass is 560 g/mol. The van der Waals surface area contributed by atoms with Gasteiger partial charge in [0.15, 0.2) is 4.90 Å². The molecule has 2 aromatic carbocycles. The standard InChI is InChI=1S/C30H29FN4O4S/c1-4-6-10-26-34-29(36)27(30(37)35(26)25(5-2)22-9-7-8-20(17-22)18-32)40(38,39)23-13-11-21(12-14-23)24-15-16-33-28(31)19(24)3/h7-9,11-17,25,37H,4-6,10H2,1-3H3. The predicted octanol–water partition coefficient (Wildman–Crippen LogP) is 5.50. The minimum Gasteiger partial charge on any atom is -0.493 e. The third-order valence-electron chi connectivity index (χ3n) is 6.87. The molecule has 206 valence electrons. The average molecular weight is 561 g/mol. The van der Waals surface area contributed by atoms with Crippen molar-refractivity contribution < 1.29 is 17.9 Å². The van der Waals surface area contributed by atoms with Gasteiger partial charge in [0.25, 0.3) is 5.56 Å². The molecule has 4 rings (SSSR count). The predicted molar refractivity (Wildman–Crippen MR) is 148 cm³/mol. The summed E-state index contributed by atoms with van der Waals surface area (Å²) >= 11 is 0. The van der Waals surface area contributed by atoms with Crippen molar-refractivity contribution in [2.45, 2.75) is 62.3 Å². The molecule has 0 aliphatic rings. The van der Waals surface area contributed by atoms with Gasteiger partial charge in [-0.1, -0.05) is 44.5 Å². The zero-order valence-electron chi connectivity index (χ0n) is 22.4. The minimum atomic E-state index is -4.50.